The minimum atomic E-state index is -0.657. The third-order valence-corrected chi connectivity index (χ3v) is 7.78. The molecule has 2 aromatic rings. The average molecular weight is 303 g/mol. The summed E-state index contributed by atoms with van der Waals surface area (Å²) in [6.45, 7) is 9.49. The summed E-state index contributed by atoms with van der Waals surface area (Å²) in [7, 11) is -1.31. The molecule has 0 fully saturated rings. The zero-order valence-corrected chi connectivity index (χ0v) is 15.3. The first-order chi connectivity index (χ1) is 9.06. The van der Waals surface area contributed by atoms with E-state index in [4.69, 9.17) is 0 Å². The first kappa shape index (κ1) is 14.6. The Morgan fingerprint density at radius 2 is 0.895 bits per heavy atom. The van der Waals surface area contributed by atoms with Gasteiger partial charge in [0.05, 0.1) is 17.6 Å². The van der Waals surface area contributed by atoms with Gasteiger partial charge in [0.1, 0.15) is 0 Å². The topological polar surface area (TPSA) is 0 Å². The summed E-state index contributed by atoms with van der Waals surface area (Å²) in [5.41, 5.74) is 0. The van der Waals surface area contributed by atoms with Gasteiger partial charge < -0.3 is 0 Å². The van der Waals surface area contributed by atoms with E-state index in [9.17, 15) is 0 Å². The van der Waals surface area contributed by atoms with Gasteiger partial charge in [-0.25, -0.2) is 0 Å². The molecule has 0 nitrogen and oxygen atoms in total. The Morgan fingerprint density at radius 1 is 0.579 bits per heavy atom. The molecule has 0 saturated carbocycles. The normalized spacial score (nSPS) is 11.3. The molecule has 2 aromatic carbocycles. The second kappa shape index (κ2) is 6.59. The molecule has 0 aliphatic heterocycles. The van der Waals surface area contributed by atoms with Crippen LogP contribution in [0.1, 0.15) is 0 Å². The van der Waals surface area contributed by atoms with E-state index in [-0.39, 0.29) is 0 Å². The minimum Gasteiger partial charge on any atom is -0.0901 e. The van der Waals surface area contributed by atoms with Crippen LogP contribution in [0, 0.1) is 0 Å². The van der Waals surface area contributed by atoms with Gasteiger partial charge in [-0.05, 0) is 24.3 Å². The largest absolute Gasteiger partial charge is 0.0901 e. The summed E-state index contributed by atoms with van der Waals surface area (Å²) in [6.07, 6.45) is 0. The van der Waals surface area contributed by atoms with Crippen LogP contribution in [-0.4, -0.2) is 17.6 Å². The lowest BCUT2D eigenvalue weighted by molar-refractivity contribution is 1.42. The molecule has 0 atom stereocenters. The van der Waals surface area contributed by atoms with E-state index >= 15 is 0 Å². The summed E-state index contributed by atoms with van der Waals surface area (Å²) in [6, 6.07) is 18.2. The highest BCUT2D eigenvalue weighted by molar-refractivity contribution is 7.99. The van der Waals surface area contributed by atoms with Crippen LogP contribution in [0.4, 0.5) is 0 Å². The van der Waals surface area contributed by atoms with Crippen LogP contribution in [0.25, 0.3) is 0 Å². The molecule has 0 saturated heterocycles. The van der Waals surface area contributed by atoms with Crippen LogP contribution < -0.4 is 10.4 Å². The lowest BCUT2D eigenvalue weighted by atomic mass is 10.4. The van der Waals surface area contributed by atoms with E-state index in [0.29, 0.717) is 0 Å². The van der Waals surface area contributed by atoms with E-state index in [1.165, 1.54) is 9.79 Å². The van der Waals surface area contributed by atoms with Crippen molar-refractivity contribution in [3.05, 3.63) is 48.5 Å². The molecular formula is C16H22SSi2. The van der Waals surface area contributed by atoms with Crippen molar-refractivity contribution in [2.45, 2.75) is 36.0 Å². The minimum absolute atomic E-state index is 0.657. The Labute approximate surface area is 124 Å². The molecule has 0 aliphatic carbocycles. The highest BCUT2D eigenvalue weighted by atomic mass is 32.2. The lowest BCUT2D eigenvalue weighted by Crippen LogP contribution is -2.21. The molecule has 3 heteroatoms. The Morgan fingerprint density at radius 3 is 1.16 bits per heavy atom. The third-order valence-electron chi connectivity index (χ3n) is 3.33. The number of rotatable bonds is 4. The Balaban J connectivity index is 2.08. The fourth-order valence-corrected chi connectivity index (χ4v) is 4.72. The molecule has 0 unspecified atom stereocenters. The molecule has 0 bridgehead atoms. The highest BCUT2D eigenvalue weighted by Gasteiger charge is 2.03. The van der Waals surface area contributed by atoms with Crippen molar-refractivity contribution in [1.82, 2.24) is 0 Å². The van der Waals surface area contributed by atoms with Gasteiger partial charge in [-0.2, -0.15) is 0 Å². The molecule has 0 aliphatic rings. The Bertz CT molecular complexity index is 466. The van der Waals surface area contributed by atoms with Gasteiger partial charge in [0, 0.05) is 9.79 Å². The van der Waals surface area contributed by atoms with Crippen molar-refractivity contribution in [1.29, 1.82) is 0 Å². The average Bonchev–Trinajstić information content (AvgIpc) is 2.40. The smallest absolute Gasteiger partial charge is 0.0647 e. The van der Waals surface area contributed by atoms with Crippen LogP contribution in [-0.2, 0) is 0 Å². The molecule has 100 valence electrons. The van der Waals surface area contributed by atoms with E-state index in [1.807, 2.05) is 11.8 Å². The van der Waals surface area contributed by atoms with Crippen molar-refractivity contribution in [2.75, 3.05) is 0 Å². The first-order valence-corrected chi connectivity index (χ1v) is 13.5. The summed E-state index contributed by atoms with van der Waals surface area (Å²) in [4.78, 5) is 2.68. The zero-order valence-electron chi connectivity index (χ0n) is 12.2. The maximum Gasteiger partial charge on any atom is 0.0647 e. The third kappa shape index (κ3) is 4.09. The van der Waals surface area contributed by atoms with Crippen molar-refractivity contribution < 1.29 is 0 Å². The molecule has 0 radical (unpaired) electrons. The maximum atomic E-state index is 2.37. The van der Waals surface area contributed by atoms with Crippen molar-refractivity contribution >= 4 is 39.7 Å². The van der Waals surface area contributed by atoms with Crippen molar-refractivity contribution in [3.63, 3.8) is 0 Å². The van der Waals surface area contributed by atoms with E-state index in [2.05, 4.69) is 74.7 Å². The molecule has 19 heavy (non-hydrogen) atoms. The van der Waals surface area contributed by atoms with E-state index < -0.39 is 17.6 Å². The quantitative estimate of drug-likeness (QED) is 0.782. The van der Waals surface area contributed by atoms with Gasteiger partial charge in [0.15, 0.2) is 0 Å². The fraction of sp³-hybridized carbons (Fsp3) is 0.250. The van der Waals surface area contributed by atoms with Crippen LogP contribution in [0.15, 0.2) is 58.3 Å². The van der Waals surface area contributed by atoms with Crippen molar-refractivity contribution in [2.24, 2.45) is 0 Å². The Hall–Kier alpha value is -0.776. The lowest BCUT2D eigenvalue weighted by Gasteiger charge is -2.07. The number of hydrogen-bond donors (Lipinski definition) is 0. The second-order valence-corrected chi connectivity index (χ2v) is 12.6. The first-order valence-electron chi connectivity index (χ1n) is 6.94. The van der Waals surface area contributed by atoms with Gasteiger partial charge in [-0.1, -0.05) is 72.6 Å². The molecule has 0 amide bonds. The summed E-state index contributed by atoms with van der Waals surface area (Å²) in [5.74, 6) is 0. The second-order valence-electron chi connectivity index (χ2n) is 5.55. The summed E-state index contributed by atoms with van der Waals surface area (Å²) < 4.78 is 0. The van der Waals surface area contributed by atoms with Crippen molar-refractivity contribution in [3.8, 4) is 0 Å². The van der Waals surface area contributed by atoms with Crippen LogP contribution in [0.5, 0.6) is 0 Å². The molecule has 0 spiro atoms. The standard InChI is InChI=1S/C16H22SSi2/c1-18(2)15-9-5-13(6-10-15)17-14-7-11-16(12-8-14)19(3)4/h5-12,18-19H,1-4H3. The fourth-order valence-electron chi connectivity index (χ4n) is 1.98. The maximum absolute atomic E-state index is 2.37. The van der Waals surface area contributed by atoms with Crippen LogP contribution in [0.3, 0.4) is 0 Å². The number of benzene rings is 2. The molecule has 0 heterocycles. The van der Waals surface area contributed by atoms with Gasteiger partial charge in [0.25, 0.3) is 0 Å². The van der Waals surface area contributed by atoms with E-state index in [0.717, 1.165) is 0 Å². The number of hydrogen-bond acceptors (Lipinski definition) is 1. The van der Waals surface area contributed by atoms with Crippen LogP contribution >= 0.6 is 11.8 Å². The predicted octanol–water partition coefficient (Wildman–Crippen LogP) is 3.23. The molecule has 2 rings (SSSR count). The predicted molar refractivity (Wildman–Crippen MR) is 94.0 cm³/mol. The van der Waals surface area contributed by atoms with Gasteiger partial charge >= 0.3 is 0 Å². The molecular weight excluding hydrogens is 280 g/mol. The SMILES string of the molecule is C[SiH](C)c1ccc(Sc2ccc([SiH](C)C)cc2)cc1. The zero-order chi connectivity index (χ0) is 13.8. The highest BCUT2D eigenvalue weighted by Crippen LogP contribution is 2.26. The van der Waals surface area contributed by atoms with Gasteiger partial charge in [-0.15, -0.1) is 0 Å². The molecule has 0 N–H and O–H groups in total. The Kier molecular flexibility index (Phi) is 5.08. The monoisotopic (exact) mass is 302 g/mol. The summed E-state index contributed by atoms with van der Waals surface area (Å²) >= 11 is 1.86. The van der Waals surface area contributed by atoms with Crippen LogP contribution in [0.2, 0.25) is 26.2 Å². The van der Waals surface area contributed by atoms with Gasteiger partial charge in [-0.3, -0.25) is 0 Å². The van der Waals surface area contributed by atoms with Gasteiger partial charge in [0.2, 0.25) is 0 Å². The van der Waals surface area contributed by atoms with E-state index in [1.54, 1.807) is 10.4 Å². The molecule has 0 aromatic heterocycles. The summed E-state index contributed by atoms with van der Waals surface area (Å²) in [5, 5.41) is 3.09.